The largest absolute Gasteiger partial charge is 0.337 e. The number of H-pyrrole nitrogens is 1. The monoisotopic (exact) mass is 233 g/mol. The summed E-state index contributed by atoms with van der Waals surface area (Å²) in [5.41, 5.74) is -0.811. The number of nitrogens with zero attached hydrogens (tertiary/aromatic N) is 4. The van der Waals surface area contributed by atoms with Gasteiger partial charge in [-0.25, -0.2) is 4.98 Å². The first-order valence-electron chi connectivity index (χ1n) is 5.69. The second kappa shape index (κ2) is 4.53. The van der Waals surface area contributed by atoms with E-state index in [1.54, 1.807) is 11.9 Å². The molecule has 0 saturated heterocycles. The molecule has 17 heavy (non-hydrogen) atoms. The molecule has 1 N–H and O–H groups in total. The summed E-state index contributed by atoms with van der Waals surface area (Å²) in [4.78, 5) is 17.8. The molecule has 0 spiro atoms. The average Bonchev–Trinajstić information content (AvgIpc) is 2.99. The van der Waals surface area contributed by atoms with Crippen LogP contribution in [0.1, 0.15) is 31.5 Å². The molecule has 1 amide bonds. The molecule has 1 heterocycles. The minimum atomic E-state index is -0.811. The predicted molar refractivity (Wildman–Crippen MR) is 59.4 cm³/mol. The number of aromatic nitrogens is 3. The Morgan fingerprint density at radius 3 is 2.88 bits per heavy atom. The molecule has 1 aliphatic rings. The van der Waals surface area contributed by atoms with E-state index in [0.29, 0.717) is 25.2 Å². The number of rotatable bonds is 3. The molecule has 0 radical (unpaired) electrons. The van der Waals surface area contributed by atoms with Crippen LogP contribution in [0.3, 0.4) is 0 Å². The Morgan fingerprint density at radius 1 is 1.65 bits per heavy atom. The third-order valence-electron chi connectivity index (χ3n) is 3.28. The maximum Gasteiger partial charge on any atom is 0.243 e. The molecule has 0 aromatic carbocycles. The van der Waals surface area contributed by atoms with Crippen molar-refractivity contribution in [1.82, 2.24) is 20.1 Å². The zero-order valence-corrected chi connectivity index (χ0v) is 9.81. The topological polar surface area (TPSA) is 85.7 Å². The zero-order chi connectivity index (χ0) is 12.3. The van der Waals surface area contributed by atoms with E-state index in [1.165, 1.54) is 6.33 Å². The number of amides is 1. The molecule has 0 atom stereocenters. The summed E-state index contributed by atoms with van der Waals surface area (Å²) in [6.07, 6.45) is 4.65. The molecule has 1 aliphatic carbocycles. The molecular formula is C11H15N5O. The number of carbonyl (C=O) groups excluding carboxylic acids is 1. The number of nitriles is 1. The van der Waals surface area contributed by atoms with Crippen molar-refractivity contribution in [3.8, 4) is 6.07 Å². The molecule has 1 aromatic rings. The lowest BCUT2D eigenvalue weighted by atomic mass is 9.86. The van der Waals surface area contributed by atoms with E-state index in [4.69, 9.17) is 0 Å². The van der Waals surface area contributed by atoms with E-state index in [0.717, 1.165) is 12.8 Å². The van der Waals surface area contributed by atoms with Gasteiger partial charge in [0.1, 0.15) is 17.6 Å². The van der Waals surface area contributed by atoms with Crippen LogP contribution < -0.4 is 0 Å². The summed E-state index contributed by atoms with van der Waals surface area (Å²) >= 11 is 0. The van der Waals surface area contributed by atoms with Gasteiger partial charge in [-0.05, 0) is 12.8 Å². The van der Waals surface area contributed by atoms with Crippen LogP contribution in [-0.4, -0.2) is 33.0 Å². The Bertz CT molecular complexity index is 427. The number of hydrogen-bond donors (Lipinski definition) is 1. The van der Waals surface area contributed by atoms with Crippen LogP contribution in [0.15, 0.2) is 6.33 Å². The van der Waals surface area contributed by atoms with Crippen molar-refractivity contribution in [1.29, 1.82) is 5.26 Å². The Morgan fingerprint density at radius 2 is 2.35 bits per heavy atom. The van der Waals surface area contributed by atoms with Gasteiger partial charge in [-0.2, -0.15) is 10.4 Å². The molecule has 90 valence electrons. The molecule has 0 unspecified atom stereocenters. The van der Waals surface area contributed by atoms with E-state index in [1.807, 2.05) is 0 Å². The second-order valence-corrected chi connectivity index (χ2v) is 4.49. The van der Waals surface area contributed by atoms with Crippen molar-refractivity contribution in [2.24, 2.45) is 5.41 Å². The van der Waals surface area contributed by atoms with Crippen LogP contribution in [0.25, 0.3) is 0 Å². The SMILES string of the molecule is CN(Cc1ncn[nH]1)C(=O)C1(C#N)CCCC1. The third kappa shape index (κ3) is 2.13. The van der Waals surface area contributed by atoms with Gasteiger partial charge in [0.2, 0.25) is 5.91 Å². The molecule has 1 fully saturated rings. The molecular weight excluding hydrogens is 218 g/mol. The van der Waals surface area contributed by atoms with Gasteiger partial charge in [0.05, 0.1) is 12.6 Å². The number of hydrogen-bond acceptors (Lipinski definition) is 4. The average molecular weight is 233 g/mol. The van der Waals surface area contributed by atoms with E-state index in [2.05, 4.69) is 21.3 Å². The van der Waals surface area contributed by atoms with E-state index in [-0.39, 0.29) is 5.91 Å². The fourth-order valence-corrected chi connectivity index (χ4v) is 2.32. The highest BCUT2D eigenvalue weighted by Crippen LogP contribution is 2.39. The van der Waals surface area contributed by atoms with E-state index >= 15 is 0 Å². The Balaban J connectivity index is 2.06. The molecule has 0 bridgehead atoms. The lowest BCUT2D eigenvalue weighted by molar-refractivity contribution is -0.138. The zero-order valence-electron chi connectivity index (χ0n) is 9.81. The molecule has 1 aromatic heterocycles. The maximum absolute atomic E-state index is 12.3. The first-order chi connectivity index (χ1) is 8.18. The number of carbonyl (C=O) groups is 1. The highest BCUT2D eigenvalue weighted by molar-refractivity contribution is 5.85. The van der Waals surface area contributed by atoms with Crippen LogP contribution in [0.5, 0.6) is 0 Å². The van der Waals surface area contributed by atoms with Gasteiger partial charge >= 0.3 is 0 Å². The minimum Gasteiger partial charge on any atom is -0.337 e. The first-order valence-corrected chi connectivity index (χ1v) is 5.69. The minimum absolute atomic E-state index is 0.103. The van der Waals surface area contributed by atoms with Gasteiger partial charge in [0.25, 0.3) is 0 Å². The molecule has 6 nitrogen and oxygen atoms in total. The standard InChI is InChI=1S/C11H15N5O/c1-16(6-9-13-8-14-15-9)10(17)11(7-12)4-2-3-5-11/h8H,2-6H2,1H3,(H,13,14,15). The summed E-state index contributed by atoms with van der Waals surface area (Å²) in [6, 6.07) is 2.20. The van der Waals surface area contributed by atoms with Gasteiger partial charge in [-0.15, -0.1) is 0 Å². The van der Waals surface area contributed by atoms with Gasteiger partial charge in [0.15, 0.2) is 0 Å². The van der Waals surface area contributed by atoms with Gasteiger partial charge in [-0.1, -0.05) is 12.8 Å². The van der Waals surface area contributed by atoms with Crippen LogP contribution in [0.4, 0.5) is 0 Å². The van der Waals surface area contributed by atoms with Crippen LogP contribution in [0.2, 0.25) is 0 Å². The molecule has 6 heteroatoms. The van der Waals surface area contributed by atoms with Crippen molar-refractivity contribution in [2.45, 2.75) is 32.2 Å². The Hall–Kier alpha value is -1.90. The van der Waals surface area contributed by atoms with Gasteiger partial charge < -0.3 is 4.90 Å². The number of nitrogens with one attached hydrogen (secondary N) is 1. The van der Waals surface area contributed by atoms with E-state index < -0.39 is 5.41 Å². The molecule has 2 rings (SSSR count). The van der Waals surface area contributed by atoms with Crippen molar-refractivity contribution in [2.75, 3.05) is 7.05 Å². The summed E-state index contributed by atoms with van der Waals surface area (Å²) in [5.74, 6) is 0.529. The molecule has 1 saturated carbocycles. The van der Waals surface area contributed by atoms with E-state index in [9.17, 15) is 10.1 Å². The van der Waals surface area contributed by atoms with Crippen LogP contribution in [-0.2, 0) is 11.3 Å². The predicted octanol–water partition coefficient (Wildman–Crippen LogP) is 0.847. The highest BCUT2D eigenvalue weighted by Gasteiger charge is 2.43. The first kappa shape index (κ1) is 11.6. The Labute approximate surface area is 99.6 Å². The lowest BCUT2D eigenvalue weighted by Crippen LogP contribution is -2.39. The van der Waals surface area contributed by atoms with Crippen molar-refractivity contribution in [3.05, 3.63) is 12.2 Å². The maximum atomic E-state index is 12.3. The fraction of sp³-hybridized carbons (Fsp3) is 0.636. The van der Waals surface area contributed by atoms with Crippen molar-refractivity contribution >= 4 is 5.91 Å². The Kier molecular flexibility index (Phi) is 3.09. The summed E-state index contributed by atoms with van der Waals surface area (Å²) < 4.78 is 0. The molecule has 0 aliphatic heterocycles. The smallest absolute Gasteiger partial charge is 0.243 e. The van der Waals surface area contributed by atoms with Crippen molar-refractivity contribution in [3.63, 3.8) is 0 Å². The normalized spacial score (nSPS) is 17.6. The lowest BCUT2D eigenvalue weighted by Gasteiger charge is -2.25. The van der Waals surface area contributed by atoms with Gasteiger partial charge in [-0.3, -0.25) is 9.89 Å². The number of aromatic amines is 1. The highest BCUT2D eigenvalue weighted by atomic mass is 16.2. The second-order valence-electron chi connectivity index (χ2n) is 4.49. The summed E-state index contributed by atoms with van der Waals surface area (Å²) in [5, 5.41) is 15.7. The van der Waals surface area contributed by atoms with Crippen molar-refractivity contribution < 1.29 is 4.79 Å². The summed E-state index contributed by atoms with van der Waals surface area (Å²) in [6.45, 7) is 0.363. The van der Waals surface area contributed by atoms with Crippen LogP contribution in [0, 0.1) is 16.7 Å². The fourth-order valence-electron chi connectivity index (χ4n) is 2.32. The quantitative estimate of drug-likeness (QED) is 0.838. The summed E-state index contributed by atoms with van der Waals surface area (Å²) in [7, 11) is 1.70. The third-order valence-corrected chi connectivity index (χ3v) is 3.28. The van der Waals surface area contributed by atoms with Crippen LogP contribution >= 0.6 is 0 Å². The van der Waals surface area contributed by atoms with Gasteiger partial charge in [0, 0.05) is 7.05 Å².